The van der Waals surface area contributed by atoms with Gasteiger partial charge in [-0.1, -0.05) is 62.9 Å². The molecule has 2 rings (SSSR count). The minimum absolute atomic E-state index is 0.0321. The third-order valence-electron chi connectivity index (χ3n) is 6.45. The van der Waals surface area contributed by atoms with E-state index >= 15 is 0 Å². The second-order valence-corrected chi connectivity index (χ2v) is 11.9. The van der Waals surface area contributed by atoms with Gasteiger partial charge >= 0.3 is 6.09 Å². The fraction of sp³-hybridized carbons (Fsp3) is 0.469. The Morgan fingerprint density at radius 2 is 1.73 bits per heavy atom. The average Bonchev–Trinajstić information content (AvgIpc) is 2.88. The molecule has 2 aromatic carbocycles. The lowest BCUT2D eigenvalue weighted by Gasteiger charge is -2.38. The smallest absolute Gasteiger partial charge is 0.408 e. The monoisotopic (exact) mass is 567 g/mol. The van der Waals surface area contributed by atoms with E-state index in [2.05, 4.69) is 43.7 Å². The first kappa shape index (κ1) is 32.9. The molecule has 0 heterocycles. The van der Waals surface area contributed by atoms with Gasteiger partial charge in [-0.15, -0.1) is 0 Å². The molecule has 8 heteroatoms. The molecule has 7 nitrogen and oxygen atoms in total. The van der Waals surface area contributed by atoms with Gasteiger partial charge in [0.05, 0.1) is 0 Å². The third kappa shape index (κ3) is 9.73. The summed E-state index contributed by atoms with van der Waals surface area (Å²) >= 11 is 4.39. The van der Waals surface area contributed by atoms with Crippen molar-refractivity contribution in [2.24, 2.45) is 5.92 Å². The number of rotatable bonds is 12. The summed E-state index contributed by atoms with van der Waals surface area (Å²) in [4.78, 5) is 42.6. The lowest BCUT2D eigenvalue weighted by molar-refractivity contribution is -0.143. The summed E-state index contributed by atoms with van der Waals surface area (Å²) in [5.74, 6) is -0.325. The zero-order valence-electron chi connectivity index (χ0n) is 24.9. The number of nitrogens with one attached hydrogen (secondary N) is 2. The fourth-order valence-corrected chi connectivity index (χ4v) is 4.58. The van der Waals surface area contributed by atoms with Gasteiger partial charge in [-0.25, -0.2) is 4.79 Å². The number of thiol groups is 1. The second-order valence-electron chi connectivity index (χ2n) is 11.5. The number of anilines is 1. The van der Waals surface area contributed by atoms with Gasteiger partial charge in [0.1, 0.15) is 17.7 Å². The fourth-order valence-electron chi connectivity index (χ4n) is 4.34. The van der Waals surface area contributed by atoms with Gasteiger partial charge in [0.2, 0.25) is 5.91 Å². The van der Waals surface area contributed by atoms with Crippen molar-refractivity contribution in [1.29, 1.82) is 0 Å². The van der Waals surface area contributed by atoms with Gasteiger partial charge in [0.25, 0.3) is 5.91 Å². The summed E-state index contributed by atoms with van der Waals surface area (Å²) in [6.07, 6.45) is 2.51. The van der Waals surface area contributed by atoms with Crippen molar-refractivity contribution in [2.45, 2.75) is 85.0 Å². The molecule has 0 aliphatic heterocycles. The van der Waals surface area contributed by atoms with Crippen LogP contribution in [0.25, 0.3) is 6.08 Å². The maximum atomic E-state index is 14.3. The number of ether oxygens (including phenoxy) is 1. The van der Waals surface area contributed by atoms with Gasteiger partial charge in [-0.2, -0.15) is 12.6 Å². The number of carbonyl (C=O) groups excluding carboxylic acids is 3. The minimum Gasteiger partial charge on any atom is -0.444 e. The Morgan fingerprint density at radius 3 is 2.30 bits per heavy atom. The number of carbonyl (C=O) groups is 3. The van der Waals surface area contributed by atoms with E-state index in [1.54, 1.807) is 31.7 Å². The molecule has 0 bridgehead atoms. The highest BCUT2D eigenvalue weighted by Gasteiger charge is 2.38. The predicted octanol–water partition coefficient (Wildman–Crippen LogP) is 6.79. The Kier molecular flexibility index (Phi) is 12.3. The van der Waals surface area contributed by atoms with Crippen molar-refractivity contribution in [3.8, 4) is 0 Å². The third-order valence-corrected chi connectivity index (χ3v) is 6.82. The van der Waals surface area contributed by atoms with E-state index < -0.39 is 29.7 Å². The Bertz CT molecular complexity index is 1170. The lowest BCUT2D eigenvalue weighted by atomic mass is 9.96. The molecule has 2 N–H and O–H groups in total. The number of para-hydroxylation sites is 1. The van der Waals surface area contributed by atoms with Gasteiger partial charge in [0.15, 0.2) is 0 Å². The molecule has 3 unspecified atom stereocenters. The molecule has 0 radical (unpaired) electrons. The summed E-state index contributed by atoms with van der Waals surface area (Å²) < 4.78 is 5.41. The van der Waals surface area contributed by atoms with E-state index in [0.29, 0.717) is 23.6 Å². The molecule has 0 spiro atoms. The zero-order chi connectivity index (χ0) is 30.0. The van der Waals surface area contributed by atoms with Crippen LogP contribution in [0, 0.1) is 12.8 Å². The number of alkyl carbamates (subject to hydrolysis) is 1. The van der Waals surface area contributed by atoms with Crippen molar-refractivity contribution >= 4 is 42.3 Å². The molecule has 0 fully saturated rings. The molecular weight excluding hydrogens is 522 g/mol. The quantitative estimate of drug-likeness (QED) is 0.246. The van der Waals surface area contributed by atoms with Gasteiger partial charge in [0, 0.05) is 17.5 Å². The number of hydrogen-bond acceptors (Lipinski definition) is 5. The van der Waals surface area contributed by atoms with Gasteiger partial charge < -0.3 is 20.3 Å². The van der Waals surface area contributed by atoms with E-state index in [1.807, 2.05) is 62.4 Å². The number of benzene rings is 2. The van der Waals surface area contributed by atoms with Crippen LogP contribution in [0.1, 0.15) is 77.1 Å². The van der Waals surface area contributed by atoms with Crippen LogP contribution in [-0.4, -0.2) is 46.2 Å². The van der Waals surface area contributed by atoms with Crippen LogP contribution < -0.4 is 10.6 Å². The molecule has 0 aliphatic rings. The average molecular weight is 568 g/mol. The highest BCUT2D eigenvalue weighted by atomic mass is 32.1. The Hall–Kier alpha value is -3.26. The Morgan fingerprint density at radius 1 is 1.05 bits per heavy atom. The van der Waals surface area contributed by atoms with E-state index in [9.17, 15) is 14.4 Å². The second kappa shape index (κ2) is 14.9. The topological polar surface area (TPSA) is 87.7 Å². The lowest BCUT2D eigenvalue weighted by Crippen LogP contribution is -2.55. The van der Waals surface area contributed by atoms with Gasteiger partial charge in [-0.05, 0) is 82.2 Å². The SMILES string of the molecule is C=Cc1cccc(C(C(=O)Nc2ccccc2C)N(C(=O)C(CS)NC(=O)OC(C)(C)C)C(C)CCC(C)C)c1. The molecule has 0 aromatic heterocycles. The maximum Gasteiger partial charge on any atom is 0.408 e. The van der Waals surface area contributed by atoms with Crippen LogP contribution >= 0.6 is 12.6 Å². The highest BCUT2D eigenvalue weighted by molar-refractivity contribution is 7.80. The number of hydrogen-bond donors (Lipinski definition) is 3. The van der Waals surface area contributed by atoms with E-state index in [1.165, 1.54) is 0 Å². The number of aryl methyl sites for hydroxylation is 1. The predicted molar refractivity (Wildman–Crippen MR) is 166 cm³/mol. The van der Waals surface area contributed by atoms with Crippen molar-refractivity contribution < 1.29 is 19.1 Å². The number of amides is 3. The molecule has 0 saturated carbocycles. The molecular formula is C32H45N3O4S. The zero-order valence-corrected chi connectivity index (χ0v) is 25.8. The Labute approximate surface area is 245 Å². The van der Waals surface area contributed by atoms with Crippen molar-refractivity contribution in [3.05, 3.63) is 71.8 Å². The van der Waals surface area contributed by atoms with Crippen LogP contribution in [0.4, 0.5) is 10.5 Å². The van der Waals surface area contributed by atoms with Crippen LogP contribution in [0.5, 0.6) is 0 Å². The van der Waals surface area contributed by atoms with Crippen molar-refractivity contribution in [1.82, 2.24) is 10.2 Å². The van der Waals surface area contributed by atoms with Crippen molar-refractivity contribution in [3.63, 3.8) is 0 Å². The molecule has 218 valence electrons. The first-order valence-electron chi connectivity index (χ1n) is 13.8. The van der Waals surface area contributed by atoms with Crippen LogP contribution in [0.15, 0.2) is 55.1 Å². The van der Waals surface area contributed by atoms with Crippen LogP contribution in [0.3, 0.4) is 0 Å². The standard InChI is InChI=1S/C32H45N3O4S/c1-9-24-14-12-15-25(19-24)28(29(36)33-26-16-11-10-13-22(26)4)35(23(5)18-17-21(2)3)30(37)27(20-40)34-31(38)39-32(6,7)8/h9-16,19,21,23,27-28,40H,1,17-18,20H2,2-8H3,(H,33,36)(H,34,38). The maximum absolute atomic E-state index is 14.3. The van der Waals surface area contributed by atoms with E-state index in [4.69, 9.17) is 4.74 Å². The normalized spacial score (nSPS) is 13.6. The Balaban J connectivity index is 2.61. The number of nitrogens with zero attached hydrogens (tertiary/aromatic N) is 1. The largest absolute Gasteiger partial charge is 0.444 e. The highest BCUT2D eigenvalue weighted by Crippen LogP contribution is 2.30. The minimum atomic E-state index is -1.00. The van der Waals surface area contributed by atoms with Crippen LogP contribution in [0.2, 0.25) is 0 Å². The molecule has 0 aliphatic carbocycles. The molecule has 3 atom stereocenters. The molecule has 40 heavy (non-hydrogen) atoms. The summed E-state index contributed by atoms with van der Waals surface area (Å²) in [6.45, 7) is 17.2. The van der Waals surface area contributed by atoms with Gasteiger partial charge in [-0.3, -0.25) is 9.59 Å². The summed E-state index contributed by atoms with van der Waals surface area (Å²) in [5.41, 5.74) is 2.30. The molecule has 2 aromatic rings. The van der Waals surface area contributed by atoms with Crippen LogP contribution in [-0.2, 0) is 14.3 Å². The molecule has 3 amide bonds. The van der Waals surface area contributed by atoms with E-state index in [-0.39, 0.29) is 17.7 Å². The van der Waals surface area contributed by atoms with E-state index in [0.717, 1.165) is 17.5 Å². The summed E-state index contributed by atoms with van der Waals surface area (Å²) in [5, 5.41) is 5.71. The summed E-state index contributed by atoms with van der Waals surface area (Å²) in [6, 6.07) is 12.6. The summed E-state index contributed by atoms with van der Waals surface area (Å²) in [7, 11) is 0. The first-order chi connectivity index (χ1) is 18.8. The molecule has 0 saturated heterocycles. The first-order valence-corrected chi connectivity index (χ1v) is 14.4. The van der Waals surface area contributed by atoms with Crippen molar-refractivity contribution in [2.75, 3.05) is 11.1 Å².